The van der Waals surface area contributed by atoms with Gasteiger partial charge >= 0.3 is 12.0 Å². The molecule has 0 unspecified atom stereocenters. The highest BCUT2D eigenvalue weighted by Crippen LogP contribution is 2.06. The Morgan fingerprint density at radius 2 is 2.06 bits per heavy atom. The van der Waals surface area contributed by atoms with Crippen molar-refractivity contribution < 1.29 is 24.3 Å². The Morgan fingerprint density at radius 3 is 2.47 bits per heavy atom. The van der Waals surface area contributed by atoms with Crippen LogP contribution in [-0.4, -0.2) is 64.9 Å². The quantitative estimate of drug-likeness (QED) is 0.582. The lowest BCUT2D eigenvalue weighted by Crippen LogP contribution is -2.45. The zero-order valence-corrected chi connectivity index (χ0v) is 9.47. The molecule has 1 aliphatic rings. The summed E-state index contributed by atoms with van der Waals surface area (Å²) < 4.78 is 0. The number of carbonyl (C=O) groups is 4. The Morgan fingerprint density at radius 1 is 1.47 bits per heavy atom. The topological polar surface area (TPSA) is 107 Å². The van der Waals surface area contributed by atoms with Gasteiger partial charge in [0.2, 0.25) is 5.91 Å². The van der Waals surface area contributed by atoms with Gasteiger partial charge in [0.15, 0.2) is 0 Å². The fourth-order valence-electron chi connectivity index (χ4n) is 1.32. The number of hydrogen-bond donors (Lipinski definition) is 2. The van der Waals surface area contributed by atoms with E-state index in [4.69, 9.17) is 5.11 Å². The monoisotopic (exact) mass is 243 g/mol. The molecule has 0 aromatic carbocycles. The Balaban J connectivity index is 2.55. The van der Waals surface area contributed by atoms with E-state index in [1.807, 2.05) is 0 Å². The number of aliphatic carboxylic acids is 1. The van der Waals surface area contributed by atoms with Gasteiger partial charge < -0.3 is 15.3 Å². The summed E-state index contributed by atoms with van der Waals surface area (Å²) in [5, 5.41) is 10.7. The van der Waals surface area contributed by atoms with E-state index in [0.717, 1.165) is 4.90 Å². The molecule has 1 heterocycles. The maximum absolute atomic E-state index is 11.4. The first-order chi connectivity index (χ1) is 7.82. The summed E-state index contributed by atoms with van der Waals surface area (Å²) in [5.74, 6) is -2.35. The number of imide groups is 1. The van der Waals surface area contributed by atoms with Crippen molar-refractivity contribution in [1.82, 2.24) is 15.1 Å². The van der Waals surface area contributed by atoms with Crippen LogP contribution in [0.5, 0.6) is 0 Å². The van der Waals surface area contributed by atoms with Crippen molar-refractivity contribution in [3.8, 4) is 0 Å². The molecule has 1 saturated heterocycles. The number of likely N-dealkylation sites (N-methyl/N-ethyl adjacent to an activating group) is 1. The van der Waals surface area contributed by atoms with E-state index in [1.54, 1.807) is 0 Å². The normalized spacial score (nSPS) is 17.3. The van der Waals surface area contributed by atoms with Crippen LogP contribution in [0.4, 0.5) is 4.79 Å². The van der Waals surface area contributed by atoms with Crippen LogP contribution in [0.2, 0.25) is 0 Å². The Labute approximate surface area is 97.2 Å². The van der Waals surface area contributed by atoms with E-state index in [9.17, 15) is 19.2 Å². The molecule has 0 bridgehead atoms. The highest BCUT2D eigenvalue weighted by atomic mass is 16.4. The average molecular weight is 243 g/mol. The second-order valence-electron chi connectivity index (χ2n) is 3.75. The lowest BCUT2D eigenvalue weighted by atomic mass is 10.3. The Hall–Kier alpha value is -2.12. The first-order valence-electron chi connectivity index (χ1n) is 4.90. The maximum Gasteiger partial charge on any atom is 0.327 e. The summed E-state index contributed by atoms with van der Waals surface area (Å²) in [4.78, 5) is 46.5. The zero-order valence-electron chi connectivity index (χ0n) is 9.47. The molecule has 0 aliphatic carbocycles. The number of nitrogens with one attached hydrogen (secondary N) is 1. The number of carboxylic acid groups (broad SMARTS) is 1. The highest BCUT2D eigenvalue weighted by Gasteiger charge is 2.35. The van der Waals surface area contributed by atoms with Gasteiger partial charge in [-0.25, -0.2) is 4.79 Å². The first kappa shape index (κ1) is 12.9. The molecule has 0 spiro atoms. The van der Waals surface area contributed by atoms with Gasteiger partial charge in [-0.15, -0.1) is 0 Å². The highest BCUT2D eigenvalue weighted by molar-refractivity contribution is 6.04. The van der Waals surface area contributed by atoms with Gasteiger partial charge in [-0.3, -0.25) is 19.3 Å². The standard InChI is InChI=1S/C9H13N3O5/c1-5(8(15)16)10-6(13)3-12-7(14)4-11(2)9(12)17/h5H,3-4H2,1-2H3,(H,10,13)(H,15,16)/t5-/m1/s1. The molecule has 0 aromatic rings. The third kappa shape index (κ3) is 2.92. The predicted octanol–water partition coefficient (Wildman–Crippen LogP) is -1.53. The van der Waals surface area contributed by atoms with Crippen molar-refractivity contribution in [2.24, 2.45) is 0 Å². The van der Waals surface area contributed by atoms with Crippen molar-refractivity contribution >= 4 is 23.8 Å². The van der Waals surface area contributed by atoms with Crippen molar-refractivity contribution in [2.75, 3.05) is 20.1 Å². The van der Waals surface area contributed by atoms with E-state index in [0.29, 0.717) is 0 Å². The molecular weight excluding hydrogens is 230 g/mol. The molecule has 4 amide bonds. The largest absolute Gasteiger partial charge is 0.480 e. The predicted molar refractivity (Wildman–Crippen MR) is 55.0 cm³/mol. The van der Waals surface area contributed by atoms with Gasteiger partial charge in [0.1, 0.15) is 19.1 Å². The molecule has 8 nitrogen and oxygen atoms in total. The SMILES string of the molecule is C[C@@H](NC(=O)CN1C(=O)CN(C)C1=O)C(=O)O. The molecule has 0 radical (unpaired) electrons. The molecule has 1 aliphatic heterocycles. The summed E-state index contributed by atoms with van der Waals surface area (Å²) in [6, 6.07) is -1.62. The molecule has 1 atom stereocenters. The van der Waals surface area contributed by atoms with E-state index in [2.05, 4.69) is 5.32 Å². The van der Waals surface area contributed by atoms with Crippen LogP contribution in [0.1, 0.15) is 6.92 Å². The Kier molecular flexibility index (Phi) is 3.66. The third-order valence-electron chi connectivity index (χ3n) is 2.28. The van der Waals surface area contributed by atoms with Crippen molar-refractivity contribution in [2.45, 2.75) is 13.0 Å². The Bertz CT molecular complexity index is 381. The van der Waals surface area contributed by atoms with E-state index < -0.39 is 36.4 Å². The lowest BCUT2D eigenvalue weighted by Gasteiger charge is -2.15. The van der Waals surface area contributed by atoms with Gasteiger partial charge in [0, 0.05) is 7.05 Å². The molecule has 94 valence electrons. The molecule has 0 aromatic heterocycles. The summed E-state index contributed by atoms with van der Waals surface area (Å²) in [6.07, 6.45) is 0. The maximum atomic E-state index is 11.4. The van der Waals surface area contributed by atoms with Crippen molar-refractivity contribution in [3.05, 3.63) is 0 Å². The zero-order chi connectivity index (χ0) is 13.2. The molecule has 1 fully saturated rings. The minimum atomic E-state index is -1.19. The minimum absolute atomic E-state index is 0.0689. The summed E-state index contributed by atoms with van der Waals surface area (Å²) in [5.41, 5.74) is 0. The molecule has 2 N–H and O–H groups in total. The molecule has 0 saturated carbocycles. The molecule has 1 rings (SSSR count). The summed E-state index contributed by atoms with van der Waals surface area (Å²) >= 11 is 0. The summed E-state index contributed by atoms with van der Waals surface area (Å²) in [6.45, 7) is 0.764. The van der Waals surface area contributed by atoms with Crippen molar-refractivity contribution in [3.63, 3.8) is 0 Å². The molecule has 8 heteroatoms. The van der Waals surface area contributed by atoms with Gasteiger partial charge in [-0.1, -0.05) is 0 Å². The van der Waals surface area contributed by atoms with E-state index >= 15 is 0 Å². The number of carboxylic acids is 1. The molecule has 17 heavy (non-hydrogen) atoms. The van der Waals surface area contributed by atoms with Crippen LogP contribution in [0, 0.1) is 0 Å². The minimum Gasteiger partial charge on any atom is -0.480 e. The van der Waals surface area contributed by atoms with Gasteiger partial charge in [-0.2, -0.15) is 0 Å². The number of amides is 4. The average Bonchev–Trinajstić information content (AvgIpc) is 2.45. The fraction of sp³-hybridized carbons (Fsp3) is 0.556. The van der Waals surface area contributed by atoms with E-state index in [-0.39, 0.29) is 6.54 Å². The lowest BCUT2D eigenvalue weighted by molar-refractivity contribution is -0.141. The van der Waals surface area contributed by atoms with Crippen LogP contribution in [0.25, 0.3) is 0 Å². The van der Waals surface area contributed by atoms with Gasteiger partial charge in [-0.05, 0) is 6.92 Å². The van der Waals surface area contributed by atoms with Gasteiger partial charge in [0.05, 0.1) is 0 Å². The van der Waals surface area contributed by atoms with Gasteiger partial charge in [0.25, 0.3) is 5.91 Å². The fourth-order valence-corrected chi connectivity index (χ4v) is 1.32. The van der Waals surface area contributed by atoms with Crippen LogP contribution in [0.15, 0.2) is 0 Å². The van der Waals surface area contributed by atoms with Crippen LogP contribution >= 0.6 is 0 Å². The number of nitrogens with zero attached hydrogens (tertiary/aromatic N) is 2. The van der Waals surface area contributed by atoms with E-state index in [1.165, 1.54) is 18.9 Å². The number of hydrogen-bond acceptors (Lipinski definition) is 4. The van der Waals surface area contributed by atoms with Crippen molar-refractivity contribution in [1.29, 1.82) is 0 Å². The van der Waals surface area contributed by atoms with Crippen LogP contribution in [-0.2, 0) is 14.4 Å². The third-order valence-corrected chi connectivity index (χ3v) is 2.28. The first-order valence-corrected chi connectivity index (χ1v) is 4.90. The number of carbonyl (C=O) groups excluding carboxylic acids is 3. The second-order valence-corrected chi connectivity index (χ2v) is 3.75. The second kappa shape index (κ2) is 4.81. The number of urea groups is 1. The van der Waals surface area contributed by atoms with Crippen LogP contribution in [0.3, 0.4) is 0 Å². The smallest absolute Gasteiger partial charge is 0.327 e. The summed E-state index contributed by atoms with van der Waals surface area (Å²) in [7, 11) is 1.44. The molecular formula is C9H13N3O5. The van der Waals surface area contributed by atoms with Crippen LogP contribution < -0.4 is 5.32 Å². The number of rotatable bonds is 4.